The smallest absolute Gasteiger partial charge is 0.325 e. The van der Waals surface area contributed by atoms with Crippen LogP contribution < -0.4 is 10.6 Å². The van der Waals surface area contributed by atoms with Gasteiger partial charge in [0.05, 0.1) is 5.69 Å². The average Bonchev–Trinajstić information content (AvgIpc) is 2.28. The number of carbonyl (C=O) groups is 2. The predicted octanol–water partition coefficient (Wildman–Crippen LogP) is 2.43. The zero-order valence-corrected chi connectivity index (χ0v) is 11.4. The first kappa shape index (κ1) is 15.9. The van der Waals surface area contributed by atoms with E-state index in [1.165, 1.54) is 0 Å². The Morgan fingerprint density at radius 1 is 1.25 bits per heavy atom. The topological polar surface area (TPSA) is 67.4 Å². The van der Waals surface area contributed by atoms with Crippen LogP contribution in [0, 0.1) is 11.6 Å². The number of halogens is 2. The monoisotopic (exact) mass is 286 g/mol. The fourth-order valence-electron chi connectivity index (χ4n) is 1.29. The lowest BCUT2D eigenvalue weighted by Gasteiger charge is -2.19. The number of nitrogens with one attached hydrogen (secondary N) is 2. The molecule has 1 rings (SSSR count). The summed E-state index contributed by atoms with van der Waals surface area (Å²) in [7, 11) is 0. The fraction of sp³-hybridized carbons (Fsp3) is 0.385. The Hall–Kier alpha value is -2.18. The van der Waals surface area contributed by atoms with E-state index in [-0.39, 0.29) is 12.2 Å². The van der Waals surface area contributed by atoms with Crippen molar-refractivity contribution in [3.8, 4) is 0 Å². The number of benzene rings is 1. The maximum atomic E-state index is 13.3. The third kappa shape index (κ3) is 5.64. The molecule has 110 valence electrons. The number of ether oxygens (including phenoxy) is 1. The maximum absolute atomic E-state index is 13.3. The van der Waals surface area contributed by atoms with Gasteiger partial charge < -0.3 is 15.4 Å². The average molecular weight is 286 g/mol. The first-order valence-electron chi connectivity index (χ1n) is 5.89. The predicted molar refractivity (Wildman–Crippen MR) is 69.2 cm³/mol. The Morgan fingerprint density at radius 2 is 1.90 bits per heavy atom. The van der Waals surface area contributed by atoms with Crippen LogP contribution in [0.1, 0.15) is 20.8 Å². The van der Waals surface area contributed by atoms with E-state index >= 15 is 0 Å². The van der Waals surface area contributed by atoms with Gasteiger partial charge in [-0.2, -0.15) is 0 Å². The maximum Gasteiger partial charge on any atom is 0.325 e. The van der Waals surface area contributed by atoms with Gasteiger partial charge in [-0.1, -0.05) is 0 Å². The van der Waals surface area contributed by atoms with Crippen LogP contribution in [-0.4, -0.2) is 24.1 Å². The van der Waals surface area contributed by atoms with Crippen LogP contribution in [0.3, 0.4) is 0 Å². The molecule has 0 atom stereocenters. The molecule has 2 N–H and O–H groups in total. The second-order valence-electron chi connectivity index (χ2n) is 5.02. The molecule has 0 radical (unpaired) electrons. The number of esters is 1. The Labute approximate surface area is 115 Å². The molecule has 0 aliphatic carbocycles. The molecule has 7 heteroatoms. The minimum atomic E-state index is -0.905. The minimum Gasteiger partial charge on any atom is -0.459 e. The van der Waals surface area contributed by atoms with Crippen LogP contribution in [0.5, 0.6) is 0 Å². The number of hydrogen-bond acceptors (Lipinski definition) is 3. The molecule has 5 nitrogen and oxygen atoms in total. The zero-order chi connectivity index (χ0) is 15.3. The number of hydrogen-bond donors (Lipinski definition) is 2. The summed E-state index contributed by atoms with van der Waals surface area (Å²) >= 11 is 0. The Kier molecular flexibility index (Phi) is 5.01. The minimum absolute atomic E-state index is 0.187. The molecule has 0 saturated heterocycles. The van der Waals surface area contributed by atoms with Crippen molar-refractivity contribution in [2.75, 3.05) is 11.9 Å². The van der Waals surface area contributed by atoms with Gasteiger partial charge in [-0.3, -0.25) is 4.79 Å². The first-order chi connectivity index (χ1) is 9.17. The highest BCUT2D eigenvalue weighted by Crippen LogP contribution is 2.14. The number of urea groups is 1. The third-order valence-corrected chi connectivity index (χ3v) is 1.99. The molecule has 1 aromatic rings. The lowest BCUT2D eigenvalue weighted by Crippen LogP contribution is -2.37. The number of amides is 2. The molecule has 0 bridgehead atoms. The normalized spacial score (nSPS) is 10.8. The van der Waals surface area contributed by atoms with E-state index in [1.807, 2.05) is 0 Å². The van der Waals surface area contributed by atoms with E-state index in [4.69, 9.17) is 4.74 Å². The summed E-state index contributed by atoms with van der Waals surface area (Å²) < 4.78 is 30.9. The lowest BCUT2D eigenvalue weighted by molar-refractivity contribution is -0.153. The molecular weight excluding hydrogens is 270 g/mol. The van der Waals surface area contributed by atoms with E-state index in [9.17, 15) is 18.4 Å². The van der Waals surface area contributed by atoms with Crippen LogP contribution in [0.2, 0.25) is 0 Å². The van der Waals surface area contributed by atoms with Crippen LogP contribution >= 0.6 is 0 Å². The third-order valence-electron chi connectivity index (χ3n) is 1.99. The summed E-state index contributed by atoms with van der Waals surface area (Å²) in [5.74, 6) is -2.27. The van der Waals surface area contributed by atoms with Gasteiger partial charge in [-0.15, -0.1) is 0 Å². The van der Waals surface area contributed by atoms with Gasteiger partial charge in [-0.25, -0.2) is 13.6 Å². The zero-order valence-electron chi connectivity index (χ0n) is 11.4. The van der Waals surface area contributed by atoms with Crippen molar-refractivity contribution in [2.45, 2.75) is 26.4 Å². The summed E-state index contributed by atoms with van der Waals surface area (Å²) in [5, 5.41) is 4.37. The number of rotatable bonds is 3. The lowest BCUT2D eigenvalue weighted by atomic mass is 10.2. The van der Waals surface area contributed by atoms with Gasteiger partial charge in [0.1, 0.15) is 23.8 Å². The van der Waals surface area contributed by atoms with Crippen LogP contribution in [0.4, 0.5) is 19.3 Å². The molecular formula is C13H16F2N2O3. The largest absolute Gasteiger partial charge is 0.459 e. The van der Waals surface area contributed by atoms with E-state index in [2.05, 4.69) is 10.6 Å². The highest BCUT2D eigenvalue weighted by atomic mass is 19.1. The molecule has 0 unspecified atom stereocenters. The van der Waals surface area contributed by atoms with Gasteiger partial charge >= 0.3 is 12.0 Å². The van der Waals surface area contributed by atoms with Crippen molar-refractivity contribution < 1.29 is 23.1 Å². The quantitative estimate of drug-likeness (QED) is 0.839. The van der Waals surface area contributed by atoms with Gasteiger partial charge in [-0.05, 0) is 32.9 Å². The van der Waals surface area contributed by atoms with Crippen molar-refractivity contribution in [1.82, 2.24) is 5.32 Å². The van der Waals surface area contributed by atoms with E-state index < -0.39 is 29.2 Å². The molecule has 0 heterocycles. The van der Waals surface area contributed by atoms with Crippen molar-refractivity contribution in [3.05, 3.63) is 29.8 Å². The molecule has 0 aliphatic rings. The van der Waals surface area contributed by atoms with Crippen molar-refractivity contribution in [1.29, 1.82) is 0 Å². The number of carbonyl (C=O) groups excluding carboxylic acids is 2. The molecule has 1 aromatic carbocycles. The van der Waals surface area contributed by atoms with Crippen molar-refractivity contribution in [2.24, 2.45) is 0 Å². The Balaban J connectivity index is 2.46. The molecule has 0 saturated carbocycles. The summed E-state index contributed by atoms with van der Waals surface area (Å²) in [6.07, 6.45) is 0. The molecule has 0 aliphatic heterocycles. The number of anilines is 1. The molecule has 20 heavy (non-hydrogen) atoms. The van der Waals surface area contributed by atoms with E-state index in [0.717, 1.165) is 12.1 Å². The standard InChI is InChI=1S/C13H16F2N2O3/c1-13(2,3)20-11(18)7-16-12(19)17-10-5-4-8(14)6-9(10)15/h4-6H,7H2,1-3H3,(H2,16,17,19). The first-order valence-corrected chi connectivity index (χ1v) is 5.89. The highest BCUT2D eigenvalue weighted by Gasteiger charge is 2.17. The molecule has 0 spiro atoms. The highest BCUT2D eigenvalue weighted by molar-refractivity contribution is 5.91. The van der Waals surface area contributed by atoms with Gasteiger partial charge in [0.15, 0.2) is 0 Å². The SMILES string of the molecule is CC(C)(C)OC(=O)CNC(=O)Nc1ccc(F)cc1F. The van der Waals surface area contributed by atoms with Gasteiger partial charge in [0, 0.05) is 6.07 Å². The summed E-state index contributed by atoms with van der Waals surface area (Å²) in [4.78, 5) is 22.8. The Bertz CT molecular complexity index is 513. The van der Waals surface area contributed by atoms with E-state index in [0.29, 0.717) is 6.07 Å². The molecule has 0 fully saturated rings. The van der Waals surface area contributed by atoms with Crippen molar-refractivity contribution >= 4 is 17.7 Å². The summed E-state index contributed by atoms with van der Waals surface area (Å²) in [6, 6.07) is 1.94. The van der Waals surface area contributed by atoms with Crippen LogP contribution in [-0.2, 0) is 9.53 Å². The van der Waals surface area contributed by atoms with Crippen LogP contribution in [0.15, 0.2) is 18.2 Å². The summed E-state index contributed by atoms with van der Waals surface area (Å²) in [6.45, 7) is 4.72. The second kappa shape index (κ2) is 6.31. The molecule has 0 aromatic heterocycles. The van der Waals surface area contributed by atoms with Crippen LogP contribution in [0.25, 0.3) is 0 Å². The molecule has 2 amide bonds. The van der Waals surface area contributed by atoms with Gasteiger partial charge in [0.25, 0.3) is 0 Å². The van der Waals surface area contributed by atoms with Gasteiger partial charge in [0.2, 0.25) is 0 Å². The van der Waals surface area contributed by atoms with E-state index in [1.54, 1.807) is 20.8 Å². The summed E-state index contributed by atoms with van der Waals surface area (Å²) in [5.41, 5.74) is -0.841. The fourth-order valence-corrected chi connectivity index (χ4v) is 1.29. The Morgan fingerprint density at radius 3 is 2.45 bits per heavy atom. The second-order valence-corrected chi connectivity index (χ2v) is 5.02. The van der Waals surface area contributed by atoms with Crippen molar-refractivity contribution in [3.63, 3.8) is 0 Å².